The summed E-state index contributed by atoms with van der Waals surface area (Å²) in [5, 5.41) is 11.8. The number of hydrogen-bond acceptors (Lipinski definition) is 4. The van der Waals surface area contributed by atoms with E-state index in [9.17, 15) is 19.5 Å². The lowest BCUT2D eigenvalue weighted by Gasteiger charge is -2.36. The highest BCUT2D eigenvalue weighted by atomic mass is 16.3. The van der Waals surface area contributed by atoms with E-state index in [2.05, 4.69) is 5.32 Å². The summed E-state index contributed by atoms with van der Waals surface area (Å²) in [6.45, 7) is -0.255. The number of hydrogen-bond donors (Lipinski definition) is 2. The second kappa shape index (κ2) is 6.02. The zero-order chi connectivity index (χ0) is 16.4. The van der Waals surface area contributed by atoms with E-state index in [1.165, 1.54) is 12.1 Å². The SMILES string of the molecule is O=C(CN1C(=O)CC2(CCCC2)CC1=O)Nc1ccc(O)cc1. The van der Waals surface area contributed by atoms with Crippen LogP contribution < -0.4 is 5.32 Å². The molecule has 3 rings (SSSR count). The minimum atomic E-state index is -0.417. The van der Waals surface area contributed by atoms with Gasteiger partial charge in [-0.05, 0) is 42.5 Å². The number of nitrogens with zero attached hydrogens (tertiary/aromatic N) is 1. The fourth-order valence-electron chi connectivity index (χ4n) is 3.58. The third-order valence-electron chi connectivity index (χ3n) is 4.77. The first-order valence-electron chi connectivity index (χ1n) is 7.90. The van der Waals surface area contributed by atoms with Crippen LogP contribution in [0, 0.1) is 5.41 Å². The van der Waals surface area contributed by atoms with Gasteiger partial charge in [0.05, 0.1) is 0 Å². The number of amides is 3. The smallest absolute Gasteiger partial charge is 0.244 e. The molecule has 0 bridgehead atoms. The lowest BCUT2D eigenvalue weighted by atomic mass is 9.76. The average Bonchev–Trinajstić information content (AvgIpc) is 2.93. The van der Waals surface area contributed by atoms with Crippen molar-refractivity contribution in [1.29, 1.82) is 0 Å². The number of phenols is 1. The number of benzene rings is 1. The van der Waals surface area contributed by atoms with Gasteiger partial charge in [0, 0.05) is 18.5 Å². The van der Waals surface area contributed by atoms with Gasteiger partial charge in [0.1, 0.15) is 12.3 Å². The number of phenolic OH excluding ortho intramolecular Hbond substituents is 1. The van der Waals surface area contributed by atoms with E-state index in [-0.39, 0.29) is 29.5 Å². The molecular weight excluding hydrogens is 296 g/mol. The van der Waals surface area contributed by atoms with Crippen molar-refractivity contribution in [3.8, 4) is 5.75 Å². The predicted octanol–water partition coefficient (Wildman–Crippen LogP) is 2.04. The van der Waals surface area contributed by atoms with Crippen LogP contribution in [0.5, 0.6) is 5.75 Å². The van der Waals surface area contributed by atoms with Crippen LogP contribution in [-0.2, 0) is 14.4 Å². The summed E-state index contributed by atoms with van der Waals surface area (Å²) in [6, 6.07) is 6.02. The first kappa shape index (κ1) is 15.5. The van der Waals surface area contributed by atoms with E-state index in [1.807, 2.05) is 0 Å². The normalized spacial score (nSPS) is 20.1. The summed E-state index contributed by atoms with van der Waals surface area (Å²) in [5.41, 5.74) is 0.356. The highest BCUT2D eigenvalue weighted by Crippen LogP contribution is 2.46. The summed E-state index contributed by atoms with van der Waals surface area (Å²) in [6.07, 6.45) is 4.73. The van der Waals surface area contributed by atoms with Crippen LogP contribution in [0.15, 0.2) is 24.3 Å². The van der Waals surface area contributed by atoms with Gasteiger partial charge < -0.3 is 10.4 Å². The Bertz CT molecular complexity index is 612. The topological polar surface area (TPSA) is 86.7 Å². The Morgan fingerprint density at radius 1 is 1.09 bits per heavy atom. The van der Waals surface area contributed by atoms with Crippen LogP contribution in [-0.4, -0.2) is 34.3 Å². The number of nitrogens with one attached hydrogen (secondary N) is 1. The third-order valence-corrected chi connectivity index (χ3v) is 4.77. The Kier molecular flexibility index (Phi) is 4.07. The van der Waals surface area contributed by atoms with Crippen molar-refractivity contribution < 1.29 is 19.5 Å². The summed E-state index contributed by atoms with van der Waals surface area (Å²) in [7, 11) is 0. The molecule has 2 N–H and O–H groups in total. The molecule has 0 unspecified atom stereocenters. The fraction of sp³-hybridized carbons (Fsp3) is 0.471. The summed E-state index contributed by atoms with van der Waals surface area (Å²) in [4.78, 5) is 37.7. The minimum Gasteiger partial charge on any atom is -0.508 e. The van der Waals surface area contributed by atoms with E-state index in [0.29, 0.717) is 18.5 Å². The monoisotopic (exact) mass is 316 g/mol. The molecule has 1 aliphatic carbocycles. The van der Waals surface area contributed by atoms with Gasteiger partial charge in [-0.15, -0.1) is 0 Å². The standard InChI is InChI=1S/C17H20N2O4/c20-13-5-3-12(4-6-13)18-14(21)11-19-15(22)9-17(10-16(19)23)7-1-2-8-17/h3-6,20H,1-2,7-11H2,(H,18,21). The van der Waals surface area contributed by atoms with Crippen molar-refractivity contribution in [2.75, 3.05) is 11.9 Å². The molecule has 122 valence electrons. The highest BCUT2D eigenvalue weighted by Gasteiger charge is 2.45. The second-order valence-corrected chi connectivity index (χ2v) is 6.53. The quantitative estimate of drug-likeness (QED) is 0.660. The van der Waals surface area contributed by atoms with Gasteiger partial charge in [0.25, 0.3) is 0 Å². The van der Waals surface area contributed by atoms with Crippen molar-refractivity contribution in [2.24, 2.45) is 5.41 Å². The zero-order valence-electron chi connectivity index (χ0n) is 12.9. The lowest BCUT2D eigenvalue weighted by molar-refractivity contribution is -0.155. The largest absolute Gasteiger partial charge is 0.508 e. The number of rotatable bonds is 3. The molecule has 1 saturated heterocycles. The average molecular weight is 316 g/mol. The molecule has 0 radical (unpaired) electrons. The minimum absolute atomic E-state index is 0.103. The highest BCUT2D eigenvalue weighted by molar-refractivity contribution is 6.03. The maximum Gasteiger partial charge on any atom is 0.244 e. The third kappa shape index (κ3) is 3.36. The molecule has 6 heteroatoms. The van der Waals surface area contributed by atoms with Crippen LogP contribution in [0.3, 0.4) is 0 Å². The molecule has 1 aromatic rings. The molecule has 1 spiro atoms. The molecule has 2 aliphatic rings. The second-order valence-electron chi connectivity index (χ2n) is 6.53. The van der Waals surface area contributed by atoms with Crippen LogP contribution in [0.1, 0.15) is 38.5 Å². The summed E-state index contributed by atoms with van der Waals surface area (Å²) in [5.74, 6) is -0.806. The van der Waals surface area contributed by atoms with E-state index in [0.717, 1.165) is 30.6 Å². The van der Waals surface area contributed by atoms with Gasteiger partial charge in [-0.25, -0.2) is 0 Å². The maximum atomic E-state index is 12.3. The van der Waals surface area contributed by atoms with Gasteiger partial charge in [0.15, 0.2) is 0 Å². The Hall–Kier alpha value is -2.37. The molecule has 3 amide bonds. The fourth-order valence-corrected chi connectivity index (χ4v) is 3.58. The molecule has 1 saturated carbocycles. The van der Waals surface area contributed by atoms with E-state index < -0.39 is 5.91 Å². The molecule has 1 aromatic carbocycles. The Morgan fingerprint density at radius 3 is 2.22 bits per heavy atom. The number of aromatic hydroxyl groups is 1. The predicted molar refractivity (Wildman–Crippen MR) is 83.6 cm³/mol. The van der Waals surface area contributed by atoms with Crippen molar-refractivity contribution in [2.45, 2.75) is 38.5 Å². The zero-order valence-corrected chi connectivity index (χ0v) is 12.9. The van der Waals surface area contributed by atoms with Crippen molar-refractivity contribution in [1.82, 2.24) is 4.90 Å². The van der Waals surface area contributed by atoms with Crippen LogP contribution in [0.25, 0.3) is 0 Å². The number of imide groups is 1. The van der Waals surface area contributed by atoms with E-state index in [4.69, 9.17) is 0 Å². The summed E-state index contributed by atoms with van der Waals surface area (Å²) < 4.78 is 0. The number of anilines is 1. The van der Waals surface area contributed by atoms with Crippen molar-refractivity contribution in [3.63, 3.8) is 0 Å². The maximum absolute atomic E-state index is 12.3. The number of carbonyl (C=O) groups is 3. The first-order chi connectivity index (χ1) is 11.0. The number of likely N-dealkylation sites (tertiary alicyclic amines) is 1. The molecule has 0 atom stereocenters. The molecule has 6 nitrogen and oxygen atoms in total. The van der Waals surface area contributed by atoms with Crippen LogP contribution in [0.4, 0.5) is 5.69 Å². The van der Waals surface area contributed by atoms with Gasteiger partial charge in [-0.3, -0.25) is 19.3 Å². The summed E-state index contributed by atoms with van der Waals surface area (Å²) >= 11 is 0. The van der Waals surface area contributed by atoms with Gasteiger partial charge in [0.2, 0.25) is 17.7 Å². The molecular formula is C17H20N2O4. The van der Waals surface area contributed by atoms with Crippen molar-refractivity contribution >= 4 is 23.4 Å². The van der Waals surface area contributed by atoms with Crippen LogP contribution in [0.2, 0.25) is 0 Å². The Labute approximate surface area is 134 Å². The van der Waals surface area contributed by atoms with Gasteiger partial charge in [-0.1, -0.05) is 12.8 Å². The first-order valence-corrected chi connectivity index (χ1v) is 7.90. The van der Waals surface area contributed by atoms with Gasteiger partial charge >= 0.3 is 0 Å². The Balaban J connectivity index is 1.61. The lowest BCUT2D eigenvalue weighted by Crippen LogP contribution is -2.49. The molecule has 23 heavy (non-hydrogen) atoms. The molecule has 1 aliphatic heterocycles. The van der Waals surface area contributed by atoms with Crippen LogP contribution >= 0.6 is 0 Å². The molecule has 2 fully saturated rings. The van der Waals surface area contributed by atoms with E-state index in [1.54, 1.807) is 12.1 Å². The number of carbonyl (C=O) groups excluding carboxylic acids is 3. The molecule has 1 heterocycles. The molecule has 0 aromatic heterocycles. The number of piperidine rings is 1. The van der Waals surface area contributed by atoms with Crippen molar-refractivity contribution in [3.05, 3.63) is 24.3 Å². The van der Waals surface area contributed by atoms with Gasteiger partial charge in [-0.2, -0.15) is 0 Å². The Morgan fingerprint density at radius 2 is 1.65 bits per heavy atom. The van der Waals surface area contributed by atoms with E-state index >= 15 is 0 Å².